The lowest BCUT2D eigenvalue weighted by Gasteiger charge is -2.26. The molecule has 0 radical (unpaired) electrons. The Morgan fingerprint density at radius 2 is 1.85 bits per heavy atom. The van der Waals surface area contributed by atoms with Gasteiger partial charge in [-0.1, -0.05) is 0 Å². The number of methoxy groups -OCH3 is 2. The van der Waals surface area contributed by atoms with Gasteiger partial charge in [-0.2, -0.15) is 0 Å². The van der Waals surface area contributed by atoms with Gasteiger partial charge in [-0.05, 0) is 12.1 Å². The molecule has 0 aliphatic carbocycles. The molecule has 1 aliphatic heterocycles. The van der Waals surface area contributed by atoms with Gasteiger partial charge in [0.1, 0.15) is 11.5 Å². The predicted octanol–water partition coefficient (Wildman–Crippen LogP) is 1.81. The van der Waals surface area contributed by atoms with E-state index in [0.29, 0.717) is 54.2 Å². The third-order valence-electron chi connectivity index (χ3n) is 4.08. The molecule has 2 heterocycles. The number of amides is 2. The molecule has 2 amide bonds. The monoisotopic (exact) mass is 391 g/mol. The predicted molar refractivity (Wildman–Crippen MR) is 101 cm³/mol. The maximum absolute atomic E-state index is 12.5. The van der Waals surface area contributed by atoms with Gasteiger partial charge in [0.2, 0.25) is 5.91 Å². The molecular formula is C18H21N3O5S. The summed E-state index contributed by atoms with van der Waals surface area (Å²) in [5, 5.41) is 4.96. The van der Waals surface area contributed by atoms with Crippen molar-refractivity contribution < 1.29 is 23.8 Å². The van der Waals surface area contributed by atoms with Crippen molar-refractivity contribution in [2.24, 2.45) is 0 Å². The molecule has 0 unspecified atom stereocenters. The van der Waals surface area contributed by atoms with Crippen molar-refractivity contribution in [2.75, 3.05) is 45.8 Å². The molecule has 1 N–H and O–H groups in total. The average molecular weight is 391 g/mol. The molecule has 1 aromatic heterocycles. The Hall–Kier alpha value is -2.65. The lowest BCUT2D eigenvalue weighted by molar-refractivity contribution is -0.134. The maximum atomic E-state index is 12.5. The number of hydrogen-bond donors (Lipinski definition) is 1. The number of anilines is 1. The molecule has 1 aromatic carbocycles. The number of carbonyl (C=O) groups excluding carboxylic acids is 2. The molecular weight excluding hydrogens is 370 g/mol. The minimum Gasteiger partial charge on any atom is -0.497 e. The van der Waals surface area contributed by atoms with E-state index in [1.54, 1.807) is 28.5 Å². The number of rotatable bonds is 6. The molecule has 3 rings (SSSR count). The minimum absolute atomic E-state index is 0.0130. The van der Waals surface area contributed by atoms with E-state index in [1.165, 1.54) is 25.6 Å². The third-order valence-corrected chi connectivity index (χ3v) is 4.89. The van der Waals surface area contributed by atoms with Gasteiger partial charge in [0, 0.05) is 30.1 Å². The van der Waals surface area contributed by atoms with Crippen LogP contribution in [0.2, 0.25) is 0 Å². The lowest BCUT2D eigenvalue weighted by Crippen LogP contribution is -2.41. The lowest BCUT2D eigenvalue weighted by atomic mass is 10.2. The highest BCUT2D eigenvalue weighted by Gasteiger charge is 2.19. The fourth-order valence-electron chi connectivity index (χ4n) is 2.63. The van der Waals surface area contributed by atoms with Crippen LogP contribution in [0.5, 0.6) is 11.5 Å². The number of nitrogens with one attached hydrogen (secondary N) is 1. The average Bonchev–Trinajstić information content (AvgIpc) is 3.14. The number of benzene rings is 1. The molecule has 1 fully saturated rings. The minimum atomic E-state index is -0.326. The number of hydrogen-bond acceptors (Lipinski definition) is 7. The van der Waals surface area contributed by atoms with Gasteiger partial charge >= 0.3 is 0 Å². The standard InChI is InChI=1S/C18H21N3O5S/c1-24-14-7-12(8-15(10-14)25-2)17(23)20-18-19-13(11-27-18)9-16(22)21-3-5-26-6-4-21/h7-8,10-11H,3-6,9H2,1-2H3,(H,19,20,23). The van der Waals surface area contributed by atoms with Crippen LogP contribution in [0, 0.1) is 0 Å². The van der Waals surface area contributed by atoms with E-state index < -0.39 is 0 Å². The molecule has 2 aromatic rings. The van der Waals surface area contributed by atoms with Gasteiger partial charge in [0.15, 0.2) is 5.13 Å². The van der Waals surface area contributed by atoms with E-state index in [-0.39, 0.29) is 18.2 Å². The van der Waals surface area contributed by atoms with Crippen molar-refractivity contribution >= 4 is 28.3 Å². The van der Waals surface area contributed by atoms with Crippen molar-refractivity contribution in [2.45, 2.75) is 6.42 Å². The van der Waals surface area contributed by atoms with Crippen LogP contribution in [0.1, 0.15) is 16.1 Å². The zero-order valence-corrected chi connectivity index (χ0v) is 16.0. The first-order valence-corrected chi connectivity index (χ1v) is 9.31. The second-order valence-corrected chi connectivity index (χ2v) is 6.73. The summed E-state index contributed by atoms with van der Waals surface area (Å²) < 4.78 is 15.6. The normalized spacial score (nSPS) is 13.9. The zero-order chi connectivity index (χ0) is 19.2. The maximum Gasteiger partial charge on any atom is 0.257 e. The van der Waals surface area contributed by atoms with Crippen LogP contribution in [-0.4, -0.2) is 62.2 Å². The summed E-state index contributed by atoms with van der Waals surface area (Å²) in [7, 11) is 3.05. The molecule has 27 heavy (non-hydrogen) atoms. The second kappa shape index (κ2) is 8.83. The van der Waals surface area contributed by atoms with Gasteiger partial charge in [-0.25, -0.2) is 4.98 Å². The molecule has 0 saturated carbocycles. The van der Waals surface area contributed by atoms with E-state index in [1.807, 2.05) is 0 Å². The summed E-state index contributed by atoms with van der Waals surface area (Å²) in [4.78, 5) is 30.9. The Balaban J connectivity index is 1.63. The smallest absolute Gasteiger partial charge is 0.257 e. The van der Waals surface area contributed by atoms with Crippen LogP contribution in [0.15, 0.2) is 23.6 Å². The fourth-order valence-corrected chi connectivity index (χ4v) is 3.34. The van der Waals surface area contributed by atoms with Crippen molar-refractivity contribution in [1.82, 2.24) is 9.88 Å². The summed E-state index contributed by atoms with van der Waals surface area (Å²) in [6, 6.07) is 4.93. The van der Waals surface area contributed by atoms with Gasteiger partial charge in [0.05, 0.1) is 39.5 Å². The first-order valence-electron chi connectivity index (χ1n) is 8.43. The van der Waals surface area contributed by atoms with Crippen LogP contribution in [-0.2, 0) is 16.0 Å². The molecule has 0 spiro atoms. The molecule has 144 valence electrons. The quantitative estimate of drug-likeness (QED) is 0.808. The molecule has 1 aliphatic rings. The molecule has 9 heteroatoms. The van der Waals surface area contributed by atoms with E-state index >= 15 is 0 Å². The van der Waals surface area contributed by atoms with Crippen molar-refractivity contribution in [3.8, 4) is 11.5 Å². The van der Waals surface area contributed by atoms with Crippen LogP contribution < -0.4 is 14.8 Å². The molecule has 0 atom stereocenters. The second-order valence-electron chi connectivity index (χ2n) is 5.87. The summed E-state index contributed by atoms with van der Waals surface area (Å²) in [6.45, 7) is 2.33. The van der Waals surface area contributed by atoms with Crippen molar-refractivity contribution in [3.05, 3.63) is 34.8 Å². The van der Waals surface area contributed by atoms with Gasteiger partial charge in [0.25, 0.3) is 5.91 Å². The van der Waals surface area contributed by atoms with Crippen molar-refractivity contribution in [3.63, 3.8) is 0 Å². The highest BCUT2D eigenvalue weighted by molar-refractivity contribution is 7.14. The first kappa shape index (κ1) is 19.1. The van der Waals surface area contributed by atoms with Crippen LogP contribution >= 0.6 is 11.3 Å². The largest absolute Gasteiger partial charge is 0.497 e. The number of carbonyl (C=O) groups is 2. The summed E-state index contributed by atoms with van der Waals surface area (Å²) >= 11 is 1.28. The Morgan fingerprint density at radius 3 is 2.48 bits per heavy atom. The highest BCUT2D eigenvalue weighted by atomic mass is 32.1. The molecule has 8 nitrogen and oxygen atoms in total. The zero-order valence-electron chi connectivity index (χ0n) is 15.2. The van der Waals surface area contributed by atoms with Crippen LogP contribution in [0.25, 0.3) is 0 Å². The summed E-state index contributed by atoms with van der Waals surface area (Å²) in [5.74, 6) is 0.734. The number of morpholine rings is 1. The highest BCUT2D eigenvalue weighted by Crippen LogP contribution is 2.24. The molecule has 0 bridgehead atoms. The topological polar surface area (TPSA) is 90.0 Å². The van der Waals surface area contributed by atoms with E-state index in [2.05, 4.69) is 10.3 Å². The first-order chi connectivity index (χ1) is 13.1. The Labute approximate surface area is 161 Å². The summed E-state index contributed by atoms with van der Waals surface area (Å²) in [5.41, 5.74) is 1.03. The Morgan fingerprint density at radius 1 is 1.19 bits per heavy atom. The third kappa shape index (κ3) is 4.95. The van der Waals surface area contributed by atoms with Gasteiger partial charge < -0.3 is 19.1 Å². The number of aromatic nitrogens is 1. The number of ether oxygens (including phenoxy) is 3. The van der Waals surface area contributed by atoms with E-state index in [0.717, 1.165) is 0 Å². The number of thiazole rings is 1. The summed E-state index contributed by atoms with van der Waals surface area (Å²) in [6.07, 6.45) is 0.208. The van der Waals surface area contributed by atoms with Crippen molar-refractivity contribution in [1.29, 1.82) is 0 Å². The van der Waals surface area contributed by atoms with E-state index in [9.17, 15) is 9.59 Å². The Bertz CT molecular complexity index is 795. The van der Waals surface area contributed by atoms with Gasteiger partial charge in [-0.15, -0.1) is 11.3 Å². The van der Waals surface area contributed by atoms with Crippen LogP contribution in [0.4, 0.5) is 5.13 Å². The van der Waals surface area contributed by atoms with Gasteiger partial charge in [-0.3, -0.25) is 14.9 Å². The SMILES string of the molecule is COc1cc(OC)cc(C(=O)Nc2nc(CC(=O)N3CCOCC3)cs2)c1. The Kier molecular flexibility index (Phi) is 6.25. The fraction of sp³-hybridized carbons (Fsp3) is 0.389. The van der Waals surface area contributed by atoms with E-state index in [4.69, 9.17) is 14.2 Å². The van der Waals surface area contributed by atoms with Crippen LogP contribution in [0.3, 0.4) is 0 Å². The molecule has 1 saturated heterocycles. The number of nitrogens with zero attached hydrogens (tertiary/aromatic N) is 2.